The van der Waals surface area contributed by atoms with Crippen LogP contribution in [0.25, 0.3) is 21.8 Å². The van der Waals surface area contributed by atoms with Gasteiger partial charge in [-0.15, -0.1) is 0 Å². The number of hydrogen-bond donors (Lipinski definition) is 2. The molecule has 0 bridgehead atoms. The monoisotopic (exact) mass is 436 g/mol. The van der Waals surface area contributed by atoms with Crippen molar-refractivity contribution in [2.24, 2.45) is 5.92 Å². The molecule has 0 saturated heterocycles. The van der Waals surface area contributed by atoms with E-state index in [1.54, 1.807) is 31.4 Å². The van der Waals surface area contributed by atoms with Gasteiger partial charge in [-0.25, -0.2) is 14.4 Å². The minimum atomic E-state index is -0.439. The molecule has 2 N–H and O–H groups in total. The van der Waals surface area contributed by atoms with E-state index < -0.39 is 5.82 Å². The first-order valence-electron chi connectivity index (χ1n) is 10.6. The van der Waals surface area contributed by atoms with E-state index in [2.05, 4.69) is 20.3 Å². The number of benzene rings is 2. The number of aromatic amines is 1. The Morgan fingerprint density at radius 2 is 1.94 bits per heavy atom. The van der Waals surface area contributed by atoms with Crippen LogP contribution in [0.2, 0.25) is 0 Å². The van der Waals surface area contributed by atoms with Crippen LogP contribution in [0.4, 0.5) is 4.39 Å². The highest BCUT2D eigenvalue weighted by Crippen LogP contribution is 2.38. The highest BCUT2D eigenvalue weighted by atomic mass is 19.1. The van der Waals surface area contributed by atoms with E-state index in [0.29, 0.717) is 46.4 Å². The van der Waals surface area contributed by atoms with Gasteiger partial charge in [0.25, 0.3) is 0 Å². The topological polar surface area (TPSA) is 81.3 Å². The lowest BCUT2D eigenvalue weighted by Crippen LogP contribution is -2.41. The molecule has 2 aromatic heterocycles. The Morgan fingerprint density at radius 3 is 2.72 bits per heavy atom. The molecule has 1 aliphatic rings. The molecule has 0 unspecified atom stereocenters. The van der Waals surface area contributed by atoms with E-state index in [1.807, 2.05) is 20.0 Å². The third kappa shape index (κ3) is 3.71. The van der Waals surface area contributed by atoms with Crippen LogP contribution in [-0.2, 0) is 0 Å². The molecule has 166 valence electrons. The number of halogens is 1. The van der Waals surface area contributed by atoms with Crippen molar-refractivity contribution in [1.29, 1.82) is 0 Å². The van der Waals surface area contributed by atoms with Crippen molar-refractivity contribution in [3.8, 4) is 23.1 Å². The van der Waals surface area contributed by atoms with Crippen molar-refractivity contribution >= 4 is 21.8 Å². The van der Waals surface area contributed by atoms with Gasteiger partial charge in [0.2, 0.25) is 5.88 Å². The van der Waals surface area contributed by atoms with Crippen molar-refractivity contribution in [3.05, 3.63) is 48.2 Å². The van der Waals surface area contributed by atoms with Crippen LogP contribution in [0, 0.1) is 18.7 Å². The van der Waals surface area contributed by atoms with Gasteiger partial charge in [0.05, 0.1) is 24.6 Å². The number of hydrogen-bond acceptors (Lipinski definition) is 6. The van der Waals surface area contributed by atoms with Crippen molar-refractivity contribution in [1.82, 2.24) is 20.3 Å². The SMILES string of the molecule is CN[C@H]1C[C@@H](COc2cc3ncnc(Oc4ccc5[nH]c(C)cc5c4F)c3cc2OC)C1. The lowest BCUT2D eigenvalue weighted by molar-refractivity contribution is 0.142. The van der Waals surface area contributed by atoms with Crippen molar-refractivity contribution in [3.63, 3.8) is 0 Å². The fraction of sp³-hybridized carbons (Fsp3) is 0.333. The maximum Gasteiger partial charge on any atom is 0.230 e. The quantitative estimate of drug-likeness (QED) is 0.436. The first-order valence-corrected chi connectivity index (χ1v) is 10.6. The largest absolute Gasteiger partial charge is 0.493 e. The summed E-state index contributed by atoms with van der Waals surface area (Å²) in [5.41, 5.74) is 2.23. The van der Waals surface area contributed by atoms with E-state index in [-0.39, 0.29) is 11.6 Å². The zero-order chi connectivity index (χ0) is 22.2. The van der Waals surface area contributed by atoms with Crippen molar-refractivity contribution in [2.45, 2.75) is 25.8 Å². The van der Waals surface area contributed by atoms with E-state index in [4.69, 9.17) is 14.2 Å². The van der Waals surface area contributed by atoms with Gasteiger partial charge in [-0.2, -0.15) is 0 Å². The first kappa shape index (κ1) is 20.5. The van der Waals surface area contributed by atoms with Gasteiger partial charge >= 0.3 is 0 Å². The van der Waals surface area contributed by atoms with E-state index in [9.17, 15) is 0 Å². The Labute approximate surface area is 184 Å². The lowest BCUT2D eigenvalue weighted by Gasteiger charge is -2.34. The molecule has 0 aliphatic heterocycles. The number of nitrogens with zero attached hydrogens (tertiary/aromatic N) is 2. The van der Waals surface area contributed by atoms with Crippen LogP contribution in [0.5, 0.6) is 23.1 Å². The second kappa shape index (κ2) is 8.27. The number of aromatic nitrogens is 3. The zero-order valence-corrected chi connectivity index (χ0v) is 18.2. The summed E-state index contributed by atoms with van der Waals surface area (Å²) >= 11 is 0. The summed E-state index contributed by atoms with van der Waals surface area (Å²) in [6.45, 7) is 2.50. The van der Waals surface area contributed by atoms with Gasteiger partial charge in [0, 0.05) is 28.7 Å². The molecule has 8 heteroatoms. The summed E-state index contributed by atoms with van der Waals surface area (Å²) in [6, 6.07) is 9.29. The first-order chi connectivity index (χ1) is 15.6. The Balaban J connectivity index is 1.43. The van der Waals surface area contributed by atoms with Crippen LogP contribution >= 0.6 is 0 Å². The number of aryl methyl sites for hydroxylation is 1. The fourth-order valence-corrected chi connectivity index (χ4v) is 4.18. The summed E-state index contributed by atoms with van der Waals surface area (Å²) in [4.78, 5) is 11.7. The predicted octanol–water partition coefficient (Wildman–Crippen LogP) is 4.74. The maximum absolute atomic E-state index is 15.0. The molecule has 1 saturated carbocycles. The fourth-order valence-electron chi connectivity index (χ4n) is 4.18. The lowest BCUT2D eigenvalue weighted by atomic mass is 9.81. The van der Waals surface area contributed by atoms with Crippen LogP contribution < -0.4 is 19.5 Å². The number of H-pyrrole nitrogens is 1. The number of rotatable bonds is 7. The third-order valence-electron chi connectivity index (χ3n) is 6.05. The molecular weight excluding hydrogens is 411 g/mol. The second-order valence-electron chi connectivity index (χ2n) is 8.23. The van der Waals surface area contributed by atoms with E-state index in [1.165, 1.54) is 6.33 Å². The Hall–Kier alpha value is -3.39. The molecule has 1 fully saturated rings. The van der Waals surface area contributed by atoms with Crippen LogP contribution in [-0.4, -0.2) is 41.8 Å². The molecule has 0 spiro atoms. The molecule has 32 heavy (non-hydrogen) atoms. The molecule has 2 heterocycles. The molecule has 1 aliphatic carbocycles. The standard InChI is InChI=1S/C24H25FN4O3/c1-13-6-16-18(29-13)4-5-20(23(16)25)32-24-17-9-21(30-3)22(10-19(17)27-12-28-24)31-11-14-7-15(8-14)26-2/h4-6,9-10,12,14-15,26,29H,7-8,11H2,1-3H3/t14-,15+. The van der Waals surface area contributed by atoms with E-state index in [0.717, 1.165) is 24.1 Å². The predicted molar refractivity (Wildman–Crippen MR) is 120 cm³/mol. The normalized spacial score (nSPS) is 18.0. The summed E-state index contributed by atoms with van der Waals surface area (Å²) in [5, 5.41) is 4.36. The average Bonchev–Trinajstić information content (AvgIpc) is 3.15. The highest BCUT2D eigenvalue weighted by molar-refractivity contribution is 5.87. The Morgan fingerprint density at radius 1 is 1.09 bits per heavy atom. The van der Waals surface area contributed by atoms with Crippen molar-refractivity contribution < 1.29 is 18.6 Å². The van der Waals surface area contributed by atoms with Gasteiger partial charge in [0.15, 0.2) is 23.1 Å². The maximum atomic E-state index is 15.0. The van der Waals surface area contributed by atoms with Crippen molar-refractivity contribution in [2.75, 3.05) is 20.8 Å². The molecule has 2 aromatic carbocycles. The molecule has 0 amide bonds. The van der Waals surface area contributed by atoms with Gasteiger partial charge < -0.3 is 24.5 Å². The number of nitrogens with one attached hydrogen (secondary N) is 2. The summed E-state index contributed by atoms with van der Waals surface area (Å²) in [5.74, 6) is 1.60. The smallest absolute Gasteiger partial charge is 0.230 e. The second-order valence-corrected chi connectivity index (χ2v) is 8.23. The van der Waals surface area contributed by atoms with Gasteiger partial charge in [-0.1, -0.05) is 0 Å². The van der Waals surface area contributed by atoms with Gasteiger partial charge in [-0.05, 0) is 57.0 Å². The molecule has 7 nitrogen and oxygen atoms in total. The Bertz CT molecular complexity index is 1280. The number of ether oxygens (including phenoxy) is 3. The average molecular weight is 436 g/mol. The van der Waals surface area contributed by atoms with Crippen LogP contribution in [0.3, 0.4) is 0 Å². The highest BCUT2D eigenvalue weighted by Gasteiger charge is 2.28. The number of fused-ring (bicyclic) bond motifs is 2. The van der Waals surface area contributed by atoms with Crippen LogP contribution in [0.15, 0.2) is 36.7 Å². The molecule has 5 rings (SSSR count). The summed E-state index contributed by atoms with van der Waals surface area (Å²) in [7, 11) is 3.57. The Kier molecular flexibility index (Phi) is 5.30. The molecule has 4 aromatic rings. The van der Waals surface area contributed by atoms with E-state index >= 15 is 4.39 Å². The van der Waals surface area contributed by atoms with Gasteiger partial charge in [0.1, 0.15) is 6.33 Å². The number of methoxy groups -OCH3 is 1. The minimum Gasteiger partial charge on any atom is -0.493 e. The summed E-state index contributed by atoms with van der Waals surface area (Å²) < 4.78 is 32.5. The van der Waals surface area contributed by atoms with Crippen LogP contribution in [0.1, 0.15) is 18.5 Å². The zero-order valence-electron chi connectivity index (χ0n) is 18.2. The molecule has 0 atom stereocenters. The minimum absolute atomic E-state index is 0.0971. The van der Waals surface area contributed by atoms with Gasteiger partial charge in [-0.3, -0.25) is 0 Å². The molecular formula is C24H25FN4O3. The summed E-state index contributed by atoms with van der Waals surface area (Å²) in [6.07, 6.45) is 3.60. The molecule has 0 radical (unpaired) electrons. The third-order valence-corrected chi connectivity index (χ3v) is 6.05.